The van der Waals surface area contributed by atoms with Gasteiger partial charge in [0, 0.05) is 17.8 Å². The molecule has 0 unspecified atom stereocenters. The normalized spacial score (nSPS) is 10.5. The van der Waals surface area contributed by atoms with E-state index in [0.717, 1.165) is 34.9 Å². The lowest BCUT2D eigenvalue weighted by atomic mass is 10.1. The fourth-order valence-corrected chi connectivity index (χ4v) is 2.17. The molecule has 0 aliphatic rings. The van der Waals surface area contributed by atoms with E-state index >= 15 is 0 Å². The van der Waals surface area contributed by atoms with Crippen molar-refractivity contribution in [2.75, 3.05) is 12.4 Å². The van der Waals surface area contributed by atoms with Crippen LogP contribution in [0.5, 0.6) is 11.5 Å². The predicted octanol–water partition coefficient (Wildman–Crippen LogP) is 4.40. The Balaban J connectivity index is 2.09. The molecule has 2 aromatic rings. The number of hydrogen-bond donors (Lipinski definition) is 1. The van der Waals surface area contributed by atoms with Crippen molar-refractivity contribution >= 4 is 5.69 Å². The quantitative estimate of drug-likeness (QED) is 0.853. The second-order valence-electron chi connectivity index (χ2n) is 5.31. The van der Waals surface area contributed by atoms with Gasteiger partial charge in [-0.3, -0.25) is 0 Å². The summed E-state index contributed by atoms with van der Waals surface area (Å²) in [7, 11) is 1.68. The van der Waals surface area contributed by atoms with Gasteiger partial charge in [-0.05, 0) is 50.6 Å². The third-order valence-corrected chi connectivity index (χ3v) is 3.24. The number of methoxy groups -OCH3 is 1. The number of rotatable bonds is 6. The average molecular weight is 285 g/mol. The van der Waals surface area contributed by atoms with Crippen molar-refractivity contribution in [1.82, 2.24) is 0 Å². The molecule has 112 valence electrons. The SMILES string of the molecule is COc1ccc(NCc2ccccc2OC(C)C)c(C)c1. The van der Waals surface area contributed by atoms with Gasteiger partial charge in [0.1, 0.15) is 11.5 Å². The van der Waals surface area contributed by atoms with Crippen LogP contribution >= 0.6 is 0 Å². The maximum absolute atomic E-state index is 5.84. The number of aryl methyl sites for hydroxylation is 1. The predicted molar refractivity (Wildman–Crippen MR) is 87.3 cm³/mol. The van der Waals surface area contributed by atoms with E-state index in [1.807, 2.05) is 50.2 Å². The van der Waals surface area contributed by atoms with Crippen LogP contribution in [0.4, 0.5) is 5.69 Å². The van der Waals surface area contributed by atoms with Gasteiger partial charge in [-0.2, -0.15) is 0 Å². The van der Waals surface area contributed by atoms with Crippen molar-refractivity contribution < 1.29 is 9.47 Å². The van der Waals surface area contributed by atoms with Gasteiger partial charge in [0.25, 0.3) is 0 Å². The summed E-state index contributed by atoms with van der Waals surface area (Å²) in [6.07, 6.45) is 0.175. The van der Waals surface area contributed by atoms with E-state index in [1.54, 1.807) is 7.11 Å². The molecule has 2 aromatic carbocycles. The van der Waals surface area contributed by atoms with E-state index in [-0.39, 0.29) is 6.10 Å². The first-order chi connectivity index (χ1) is 10.1. The molecule has 0 spiro atoms. The number of benzene rings is 2. The van der Waals surface area contributed by atoms with Crippen molar-refractivity contribution in [3.8, 4) is 11.5 Å². The highest BCUT2D eigenvalue weighted by molar-refractivity contribution is 5.54. The highest BCUT2D eigenvalue weighted by Gasteiger charge is 2.06. The number of hydrogen-bond acceptors (Lipinski definition) is 3. The molecule has 2 rings (SSSR count). The zero-order valence-corrected chi connectivity index (χ0v) is 13.1. The van der Waals surface area contributed by atoms with Crippen molar-refractivity contribution in [2.24, 2.45) is 0 Å². The Morgan fingerprint density at radius 1 is 1.10 bits per heavy atom. The molecule has 0 radical (unpaired) electrons. The van der Waals surface area contributed by atoms with Crippen LogP contribution in [0.3, 0.4) is 0 Å². The van der Waals surface area contributed by atoms with Gasteiger partial charge in [-0.1, -0.05) is 18.2 Å². The van der Waals surface area contributed by atoms with Gasteiger partial charge in [0.15, 0.2) is 0 Å². The summed E-state index contributed by atoms with van der Waals surface area (Å²) in [6, 6.07) is 14.2. The van der Waals surface area contributed by atoms with Crippen LogP contribution in [-0.4, -0.2) is 13.2 Å². The van der Waals surface area contributed by atoms with Crippen LogP contribution in [0.1, 0.15) is 25.0 Å². The van der Waals surface area contributed by atoms with Gasteiger partial charge in [0.05, 0.1) is 13.2 Å². The zero-order chi connectivity index (χ0) is 15.2. The summed E-state index contributed by atoms with van der Waals surface area (Å²) >= 11 is 0. The molecule has 0 fully saturated rings. The molecule has 0 amide bonds. The summed E-state index contributed by atoms with van der Waals surface area (Å²) < 4.78 is 11.1. The largest absolute Gasteiger partial charge is 0.497 e. The number of nitrogens with one attached hydrogen (secondary N) is 1. The second kappa shape index (κ2) is 7.02. The first-order valence-electron chi connectivity index (χ1n) is 7.23. The number of anilines is 1. The van der Waals surface area contributed by atoms with Crippen molar-refractivity contribution in [3.05, 3.63) is 53.6 Å². The third kappa shape index (κ3) is 4.15. The first-order valence-corrected chi connectivity index (χ1v) is 7.23. The fourth-order valence-electron chi connectivity index (χ4n) is 2.17. The molecule has 0 saturated carbocycles. The lowest BCUT2D eigenvalue weighted by Gasteiger charge is -2.16. The minimum Gasteiger partial charge on any atom is -0.497 e. The van der Waals surface area contributed by atoms with E-state index in [9.17, 15) is 0 Å². The van der Waals surface area contributed by atoms with E-state index < -0.39 is 0 Å². The smallest absolute Gasteiger partial charge is 0.124 e. The summed E-state index contributed by atoms with van der Waals surface area (Å²) in [5.74, 6) is 1.81. The van der Waals surface area contributed by atoms with Crippen molar-refractivity contribution in [3.63, 3.8) is 0 Å². The van der Waals surface area contributed by atoms with Crippen LogP contribution < -0.4 is 14.8 Å². The molecular weight excluding hydrogens is 262 g/mol. The molecule has 0 saturated heterocycles. The van der Waals surface area contributed by atoms with Crippen molar-refractivity contribution in [2.45, 2.75) is 33.4 Å². The lowest BCUT2D eigenvalue weighted by molar-refractivity contribution is 0.240. The molecule has 0 aliphatic heterocycles. The molecule has 3 nitrogen and oxygen atoms in total. The summed E-state index contributed by atoms with van der Waals surface area (Å²) in [5.41, 5.74) is 3.42. The molecule has 21 heavy (non-hydrogen) atoms. The molecular formula is C18H23NO2. The first kappa shape index (κ1) is 15.2. The Kier molecular flexibility index (Phi) is 5.09. The Morgan fingerprint density at radius 3 is 2.52 bits per heavy atom. The lowest BCUT2D eigenvalue weighted by Crippen LogP contribution is -2.09. The Morgan fingerprint density at radius 2 is 1.86 bits per heavy atom. The molecule has 1 N–H and O–H groups in total. The summed E-state index contributed by atoms with van der Waals surface area (Å²) in [4.78, 5) is 0. The Labute approximate surface area is 126 Å². The number of ether oxygens (including phenoxy) is 2. The molecule has 0 atom stereocenters. The standard InChI is InChI=1S/C18H23NO2/c1-13(2)21-18-8-6-5-7-15(18)12-19-17-10-9-16(20-4)11-14(17)3/h5-11,13,19H,12H2,1-4H3. The molecule has 0 bridgehead atoms. The van der Waals surface area contributed by atoms with Gasteiger partial charge >= 0.3 is 0 Å². The van der Waals surface area contributed by atoms with Crippen LogP contribution in [-0.2, 0) is 6.54 Å². The van der Waals surface area contributed by atoms with E-state index in [0.29, 0.717) is 0 Å². The second-order valence-corrected chi connectivity index (χ2v) is 5.31. The van der Waals surface area contributed by atoms with Gasteiger partial charge in [-0.15, -0.1) is 0 Å². The maximum atomic E-state index is 5.84. The molecule has 0 aliphatic carbocycles. The van der Waals surface area contributed by atoms with Crippen molar-refractivity contribution in [1.29, 1.82) is 0 Å². The third-order valence-electron chi connectivity index (χ3n) is 3.24. The zero-order valence-electron chi connectivity index (χ0n) is 13.1. The van der Waals surface area contributed by atoms with Gasteiger partial charge in [0.2, 0.25) is 0 Å². The fraction of sp³-hybridized carbons (Fsp3) is 0.333. The highest BCUT2D eigenvalue weighted by Crippen LogP contribution is 2.24. The molecule has 0 heterocycles. The molecule has 0 aromatic heterocycles. The van der Waals surface area contributed by atoms with Crippen LogP contribution in [0.25, 0.3) is 0 Å². The monoisotopic (exact) mass is 285 g/mol. The van der Waals surface area contributed by atoms with E-state index in [2.05, 4.69) is 18.3 Å². The van der Waals surface area contributed by atoms with Crippen LogP contribution in [0.15, 0.2) is 42.5 Å². The van der Waals surface area contributed by atoms with Gasteiger partial charge in [-0.25, -0.2) is 0 Å². The van der Waals surface area contributed by atoms with Crippen LogP contribution in [0, 0.1) is 6.92 Å². The van der Waals surface area contributed by atoms with Crippen LogP contribution in [0.2, 0.25) is 0 Å². The van der Waals surface area contributed by atoms with Gasteiger partial charge < -0.3 is 14.8 Å². The molecule has 3 heteroatoms. The minimum absolute atomic E-state index is 0.175. The maximum Gasteiger partial charge on any atom is 0.124 e. The number of para-hydroxylation sites is 1. The van der Waals surface area contributed by atoms with E-state index in [4.69, 9.17) is 9.47 Å². The Bertz CT molecular complexity index is 594. The summed E-state index contributed by atoms with van der Waals surface area (Å²) in [6.45, 7) is 6.88. The minimum atomic E-state index is 0.175. The topological polar surface area (TPSA) is 30.5 Å². The Hall–Kier alpha value is -2.16. The highest BCUT2D eigenvalue weighted by atomic mass is 16.5. The summed E-state index contributed by atoms with van der Waals surface area (Å²) in [5, 5.41) is 3.46. The average Bonchev–Trinajstić information content (AvgIpc) is 2.46. The van der Waals surface area contributed by atoms with E-state index in [1.165, 1.54) is 0 Å².